The number of aromatic nitrogens is 1. The predicted molar refractivity (Wildman–Crippen MR) is 136 cm³/mol. The van der Waals surface area contributed by atoms with Crippen LogP contribution in [0.25, 0.3) is 16.8 Å². The van der Waals surface area contributed by atoms with E-state index in [9.17, 15) is 19.8 Å². The van der Waals surface area contributed by atoms with Crippen LogP contribution in [0.15, 0.2) is 88.9 Å². The molecule has 0 saturated heterocycles. The van der Waals surface area contributed by atoms with Gasteiger partial charge in [0.25, 0.3) is 5.56 Å². The maximum absolute atomic E-state index is 13.4. The molecule has 176 valence electrons. The highest BCUT2D eigenvalue weighted by Crippen LogP contribution is 2.35. The lowest BCUT2D eigenvalue weighted by molar-refractivity contribution is 0.0697. The van der Waals surface area contributed by atoms with Crippen molar-refractivity contribution in [1.29, 1.82) is 0 Å². The van der Waals surface area contributed by atoms with Crippen molar-refractivity contribution in [2.24, 2.45) is 5.10 Å². The van der Waals surface area contributed by atoms with Crippen LogP contribution in [0.4, 0.5) is 5.69 Å². The van der Waals surface area contributed by atoms with Gasteiger partial charge in [0.2, 0.25) is 0 Å². The molecule has 0 amide bonds. The summed E-state index contributed by atoms with van der Waals surface area (Å²) in [6.45, 7) is 5.80. The maximum atomic E-state index is 13.4. The van der Waals surface area contributed by atoms with Crippen molar-refractivity contribution < 1.29 is 15.0 Å². The Kier molecular flexibility index (Phi) is 6.51. The second kappa shape index (κ2) is 9.69. The number of hydrogen-bond acceptors (Lipinski definition) is 5. The third-order valence-corrected chi connectivity index (χ3v) is 5.89. The van der Waals surface area contributed by atoms with Crippen molar-refractivity contribution in [2.75, 3.05) is 5.43 Å². The van der Waals surface area contributed by atoms with Gasteiger partial charge in [-0.1, -0.05) is 36.4 Å². The number of nitrogens with one attached hydrogen (secondary N) is 1. The standard InChI is InChI=1S/C28H25N3O4/c1-17-12-13-22(15-19(17)3)31-14-6-7-18(2)25(27(31)33)30-29-24-11-5-10-23(26(24)32)20-8-4-9-21(16-20)28(34)35/h4-16,29,32H,1-3H3,(H,34,35)/b30-25-. The van der Waals surface area contributed by atoms with Crippen molar-refractivity contribution in [3.8, 4) is 22.6 Å². The number of benzene rings is 3. The fourth-order valence-electron chi connectivity index (χ4n) is 3.72. The Morgan fingerprint density at radius 1 is 0.886 bits per heavy atom. The number of rotatable bonds is 5. The predicted octanol–water partition coefficient (Wildman–Crippen LogP) is 4.76. The van der Waals surface area contributed by atoms with Crippen LogP contribution in [0, 0.1) is 20.8 Å². The zero-order valence-corrected chi connectivity index (χ0v) is 19.6. The minimum absolute atomic E-state index is 0.105. The SMILES string of the molecule is Cc1ccc(-n2cccc(C)/c(=N/Nc3cccc(-c4cccc(C(=O)O)c4)c3O)c2=O)cc1C. The van der Waals surface area contributed by atoms with Crippen molar-refractivity contribution in [3.63, 3.8) is 0 Å². The first-order valence-electron chi connectivity index (χ1n) is 11.0. The molecule has 0 fully saturated rings. The van der Waals surface area contributed by atoms with E-state index in [-0.39, 0.29) is 27.9 Å². The molecule has 0 aliphatic rings. The maximum Gasteiger partial charge on any atom is 0.335 e. The largest absolute Gasteiger partial charge is 0.505 e. The molecule has 35 heavy (non-hydrogen) atoms. The lowest BCUT2D eigenvalue weighted by Gasteiger charge is -2.10. The molecule has 3 aromatic carbocycles. The summed E-state index contributed by atoms with van der Waals surface area (Å²) in [7, 11) is 0. The Morgan fingerprint density at radius 3 is 2.40 bits per heavy atom. The van der Waals surface area contributed by atoms with Crippen LogP contribution in [-0.2, 0) is 0 Å². The van der Waals surface area contributed by atoms with Crippen LogP contribution < -0.4 is 16.3 Å². The minimum atomic E-state index is -1.05. The molecule has 0 radical (unpaired) electrons. The van der Waals surface area contributed by atoms with Gasteiger partial charge in [-0.05, 0) is 79.4 Å². The van der Waals surface area contributed by atoms with Crippen LogP contribution in [-0.4, -0.2) is 20.7 Å². The van der Waals surface area contributed by atoms with Crippen LogP contribution >= 0.6 is 0 Å². The van der Waals surface area contributed by atoms with Gasteiger partial charge >= 0.3 is 5.97 Å². The molecular weight excluding hydrogens is 442 g/mol. The normalized spacial score (nSPS) is 11.3. The number of aromatic hydroxyl groups is 1. The Hall–Kier alpha value is -4.65. The summed E-state index contributed by atoms with van der Waals surface area (Å²) in [5, 5.41) is 24.7. The molecule has 1 aromatic heterocycles. The first-order valence-corrected chi connectivity index (χ1v) is 11.0. The number of carbonyl (C=O) groups is 1. The van der Waals surface area contributed by atoms with Gasteiger partial charge < -0.3 is 10.2 Å². The zero-order valence-electron chi connectivity index (χ0n) is 19.6. The molecule has 4 rings (SSSR count). The summed E-state index contributed by atoms with van der Waals surface area (Å²) in [6, 6.07) is 20.7. The van der Waals surface area contributed by atoms with E-state index in [1.807, 2.05) is 32.0 Å². The van der Waals surface area contributed by atoms with Crippen LogP contribution in [0.2, 0.25) is 0 Å². The molecule has 0 spiro atoms. The van der Waals surface area contributed by atoms with E-state index in [0.29, 0.717) is 16.7 Å². The Morgan fingerprint density at radius 2 is 1.66 bits per heavy atom. The lowest BCUT2D eigenvalue weighted by atomic mass is 10.0. The summed E-state index contributed by atoms with van der Waals surface area (Å²) >= 11 is 0. The van der Waals surface area contributed by atoms with Gasteiger partial charge in [0.1, 0.15) is 5.75 Å². The molecule has 7 heteroatoms. The molecule has 3 N–H and O–H groups in total. The van der Waals surface area contributed by atoms with Gasteiger partial charge in [-0.2, -0.15) is 5.10 Å². The van der Waals surface area contributed by atoms with Gasteiger partial charge in [0.15, 0.2) is 5.36 Å². The molecule has 0 saturated carbocycles. The first-order chi connectivity index (χ1) is 16.8. The Labute approximate surface area is 202 Å². The molecule has 1 heterocycles. The zero-order chi connectivity index (χ0) is 25.1. The molecule has 7 nitrogen and oxygen atoms in total. The number of anilines is 1. The molecule has 0 atom stereocenters. The van der Waals surface area contributed by atoms with E-state index in [2.05, 4.69) is 10.5 Å². The van der Waals surface area contributed by atoms with Crippen LogP contribution in [0.3, 0.4) is 0 Å². The average Bonchev–Trinajstić information content (AvgIpc) is 2.98. The monoisotopic (exact) mass is 467 g/mol. The van der Waals surface area contributed by atoms with Gasteiger partial charge in [0, 0.05) is 17.4 Å². The number of carboxylic acid groups (broad SMARTS) is 1. The fourth-order valence-corrected chi connectivity index (χ4v) is 3.72. The summed E-state index contributed by atoms with van der Waals surface area (Å²) in [4.78, 5) is 24.7. The van der Waals surface area contributed by atoms with Crippen molar-refractivity contribution in [2.45, 2.75) is 20.8 Å². The number of phenolic OH excluding ortho intramolecular Hbond substituents is 1. The van der Waals surface area contributed by atoms with Gasteiger partial charge in [-0.15, -0.1) is 0 Å². The third kappa shape index (κ3) is 4.84. The molecular formula is C28H25N3O4. The fraction of sp³-hybridized carbons (Fsp3) is 0.107. The minimum Gasteiger partial charge on any atom is -0.505 e. The molecule has 0 aliphatic heterocycles. The molecule has 0 unspecified atom stereocenters. The van der Waals surface area contributed by atoms with Gasteiger partial charge in [-0.3, -0.25) is 14.8 Å². The van der Waals surface area contributed by atoms with Crippen molar-refractivity contribution >= 4 is 11.7 Å². The van der Waals surface area contributed by atoms with Gasteiger partial charge in [0.05, 0.1) is 11.3 Å². The number of aromatic carboxylic acids is 1. The molecule has 0 aliphatic carbocycles. The van der Waals surface area contributed by atoms with E-state index in [4.69, 9.17) is 0 Å². The highest BCUT2D eigenvalue weighted by Gasteiger charge is 2.12. The number of nitrogens with zero attached hydrogens (tertiary/aromatic N) is 2. The summed E-state index contributed by atoms with van der Waals surface area (Å²) < 4.78 is 1.54. The molecule has 0 bridgehead atoms. The second-order valence-corrected chi connectivity index (χ2v) is 8.29. The Balaban J connectivity index is 1.78. The average molecular weight is 468 g/mol. The molecule has 4 aromatic rings. The summed E-state index contributed by atoms with van der Waals surface area (Å²) in [5.41, 5.74) is 7.49. The highest BCUT2D eigenvalue weighted by molar-refractivity contribution is 5.90. The summed E-state index contributed by atoms with van der Waals surface area (Å²) in [5.74, 6) is -1.16. The number of aryl methyl sites for hydroxylation is 3. The van der Waals surface area contributed by atoms with Crippen molar-refractivity contribution in [3.05, 3.63) is 117 Å². The van der Waals surface area contributed by atoms with Crippen LogP contribution in [0.5, 0.6) is 5.75 Å². The van der Waals surface area contributed by atoms with Crippen molar-refractivity contribution in [1.82, 2.24) is 4.57 Å². The lowest BCUT2D eigenvalue weighted by Crippen LogP contribution is -2.33. The van der Waals surface area contributed by atoms with Gasteiger partial charge in [-0.25, -0.2) is 4.79 Å². The topological polar surface area (TPSA) is 104 Å². The number of phenols is 1. The van der Waals surface area contributed by atoms with E-state index < -0.39 is 5.97 Å². The highest BCUT2D eigenvalue weighted by atomic mass is 16.4. The van der Waals surface area contributed by atoms with E-state index in [1.54, 1.807) is 55.6 Å². The van der Waals surface area contributed by atoms with E-state index in [1.165, 1.54) is 16.7 Å². The Bertz CT molecular complexity index is 1570. The number of carboxylic acids is 1. The second-order valence-electron chi connectivity index (χ2n) is 8.29. The summed E-state index contributed by atoms with van der Waals surface area (Å²) in [6.07, 6.45) is 1.70. The first kappa shape index (κ1) is 23.5. The third-order valence-electron chi connectivity index (χ3n) is 5.89. The smallest absolute Gasteiger partial charge is 0.335 e. The number of para-hydroxylation sites is 1. The van der Waals surface area contributed by atoms with Crippen LogP contribution in [0.1, 0.15) is 27.0 Å². The van der Waals surface area contributed by atoms with E-state index in [0.717, 1.165) is 16.8 Å². The van der Waals surface area contributed by atoms with E-state index >= 15 is 0 Å². The quantitative estimate of drug-likeness (QED) is 0.290. The number of hydrogen-bond donors (Lipinski definition) is 3.